The topological polar surface area (TPSA) is 159 Å². The zero-order chi connectivity index (χ0) is 34.4. The molecule has 0 spiro atoms. The number of amides is 1. The van der Waals surface area contributed by atoms with Crippen LogP contribution >= 0.6 is 0 Å². The average molecular weight is 629 g/mol. The number of Topliss-reactive ketones (excluding diaryl/α,β-unsaturated/α-hetero) is 2. The van der Waals surface area contributed by atoms with E-state index in [1.807, 2.05) is 13.0 Å². The second-order valence-corrected chi connectivity index (χ2v) is 9.96. The summed E-state index contributed by atoms with van der Waals surface area (Å²) >= 11 is 0. The first-order valence-electron chi connectivity index (χ1n) is 14.1. The summed E-state index contributed by atoms with van der Waals surface area (Å²) in [5, 5.41) is 3.57. The molecule has 12 heteroatoms. The van der Waals surface area contributed by atoms with Crippen molar-refractivity contribution in [1.29, 1.82) is 0 Å². The number of H-pyrrole nitrogens is 1. The van der Waals surface area contributed by atoms with Gasteiger partial charge in [0, 0.05) is 47.0 Å². The summed E-state index contributed by atoms with van der Waals surface area (Å²) in [5.74, 6) is 0.0977. The predicted octanol–water partition coefficient (Wildman–Crippen LogP) is 4.80. The molecule has 2 aromatic carbocycles. The normalized spacial score (nSPS) is 11.4. The maximum atomic E-state index is 11.7. The Balaban J connectivity index is 0.000000352. The van der Waals surface area contributed by atoms with Crippen LogP contribution in [0.3, 0.4) is 0 Å². The smallest absolute Gasteiger partial charge is 0.316 e. The summed E-state index contributed by atoms with van der Waals surface area (Å²) in [4.78, 5) is 58.7. The molecule has 1 aromatic heterocycles. The minimum atomic E-state index is -0.679. The molecule has 0 saturated carbocycles. The number of aryl methyl sites for hydroxylation is 1. The van der Waals surface area contributed by atoms with Gasteiger partial charge in [0.05, 0.1) is 46.5 Å². The van der Waals surface area contributed by atoms with Gasteiger partial charge in [0.1, 0.15) is 40.5 Å². The number of rotatable bonds is 10. The van der Waals surface area contributed by atoms with Gasteiger partial charge in [0.15, 0.2) is 0 Å². The maximum Gasteiger partial charge on any atom is 0.316 e. The summed E-state index contributed by atoms with van der Waals surface area (Å²) in [6, 6.07) is 8.63. The van der Waals surface area contributed by atoms with Crippen molar-refractivity contribution in [2.45, 2.75) is 48.5 Å². The molecule has 2 unspecified atom stereocenters. The quantitative estimate of drug-likeness (QED) is 0.236. The number of aromatic nitrogens is 1. The Morgan fingerprint density at radius 1 is 0.756 bits per heavy atom. The number of nitrogens with one attached hydrogen (secondary N) is 2. The molecule has 0 radical (unpaired) electrons. The maximum absolute atomic E-state index is 11.7. The third kappa shape index (κ3) is 11.0. The minimum Gasteiger partial charge on any atom is -0.497 e. The van der Waals surface area contributed by atoms with Crippen LogP contribution in [0.25, 0.3) is 10.9 Å². The molecular weight excluding hydrogens is 584 g/mol. The van der Waals surface area contributed by atoms with Gasteiger partial charge in [-0.05, 0) is 54.0 Å². The zero-order valence-electron chi connectivity index (χ0n) is 27.8. The van der Waals surface area contributed by atoms with E-state index in [0.717, 1.165) is 16.5 Å². The highest BCUT2D eigenvalue weighted by molar-refractivity contribution is 6.06. The van der Waals surface area contributed by atoms with E-state index in [1.165, 1.54) is 28.1 Å². The van der Waals surface area contributed by atoms with E-state index >= 15 is 0 Å². The van der Waals surface area contributed by atoms with Crippen LogP contribution in [0.15, 0.2) is 35.1 Å². The van der Waals surface area contributed by atoms with Gasteiger partial charge in [-0.2, -0.15) is 0 Å². The van der Waals surface area contributed by atoms with E-state index in [-0.39, 0.29) is 23.0 Å². The average Bonchev–Trinajstić information content (AvgIpc) is 3.02. The van der Waals surface area contributed by atoms with Crippen molar-refractivity contribution in [3.05, 3.63) is 51.8 Å². The van der Waals surface area contributed by atoms with E-state index in [1.54, 1.807) is 66.2 Å². The summed E-state index contributed by atoms with van der Waals surface area (Å²) in [5.41, 5.74) is 2.83. The molecule has 0 aliphatic carbocycles. The molecule has 0 fully saturated rings. The Bertz CT molecular complexity index is 1540. The van der Waals surface area contributed by atoms with Crippen LogP contribution in [0.4, 0.5) is 5.69 Å². The highest BCUT2D eigenvalue weighted by Crippen LogP contribution is 2.32. The third-order valence-electron chi connectivity index (χ3n) is 6.93. The Labute approximate surface area is 263 Å². The van der Waals surface area contributed by atoms with Gasteiger partial charge in [-0.3, -0.25) is 24.0 Å². The molecule has 1 amide bonds. The number of methoxy groups -OCH3 is 4. The highest BCUT2D eigenvalue weighted by atomic mass is 16.5. The van der Waals surface area contributed by atoms with Crippen molar-refractivity contribution in [2.24, 2.45) is 11.8 Å². The minimum absolute atomic E-state index is 0.0784. The van der Waals surface area contributed by atoms with Crippen LogP contribution in [-0.2, 0) is 23.9 Å². The number of hydrogen-bond acceptors (Lipinski definition) is 10. The van der Waals surface area contributed by atoms with Crippen LogP contribution in [0, 0.1) is 25.7 Å². The van der Waals surface area contributed by atoms with Crippen LogP contribution in [0.5, 0.6) is 23.0 Å². The van der Waals surface area contributed by atoms with Gasteiger partial charge in [0.2, 0.25) is 5.91 Å². The highest BCUT2D eigenvalue weighted by Gasteiger charge is 2.19. The number of fused-ring (bicyclic) bond motifs is 1. The molecule has 12 nitrogen and oxygen atoms in total. The molecule has 0 saturated heterocycles. The SMILES string of the molecule is CCOC(=O)C(C)C(C)=O.COc1cc(NC(=O)C(C)C(C)=O)cc(OC)c1.COc1cc(OC)c2c(C)c(C)c(=O)[nH]c2c1. The van der Waals surface area contributed by atoms with Gasteiger partial charge in [-0.15, -0.1) is 0 Å². The monoisotopic (exact) mass is 628 g/mol. The number of carbonyl (C=O) groups is 4. The fraction of sp³-hybridized carbons (Fsp3) is 0.424. The number of aromatic amines is 1. The fourth-order valence-corrected chi connectivity index (χ4v) is 3.68. The van der Waals surface area contributed by atoms with Gasteiger partial charge in [-0.25, -0.2) is 0 Å². The molecule has 0 aliphatic rings. The summed E-state index contributed by atoms with van der Waals surface area (Å²) in [6.45, 7) is 11.6. The molecule has 0 bridgehead atoms. The third-order valence-corrected chi connectivity index (χ3v) is 6.93. The van der Waals surface area contributed by atoms with Crippen molar-refractivity contribution in [2.75, 3.05) is 40.4 Å². The van der Waals surface area contributed by atoms with Crippen LogP contribution in [0.2, 0.25) is 0 Å². The molecule has 1 heterocycles. The van der Waals surface area contributed by atoms with E-state index in [0.29, 0.717) is 40.9 Å². The molecule has 246 valence electrons. The van der Waals surface area contributed by atoms with Crippen molar-refractivity contribution >= 4 is 40.0 Å². The second kappa shape index (κ2) is 18.1. The molecule has 2 N–H and O–H groups in total. The van der Waals surface area contributed by atoms with Crippen LogP contribution < -0.4 is 29.8 Å². The van der Waals surface area contributed by atoms with Crippen LogP contribution in [-0.4, -0.2) is 63.5 Å². The Hall–Kier alpha value is -4.87. The first-order chi connectivity index (χ1) is 21.1. The van der Waals surface area contributed by atoms with E-state index in [9.17, 15) is 24.0 Å². The van der Waals surface area contributed by atoms with E-state index in [4.69, 9.17) is 18.9 Å². The lowest BCUT2D eigenvalue weighted by Crippen LogP contribution is -2.25. The number of carbonyl (C=O) groups excluding carboxylic acids is 4. The first-order valence-corrected chi connectivity index (χ1v) is 14.1. The molecule has 2 atom stereocenters. The van der Waals surface area contributed by atoms with E-state index in [2.05, 4.69) is 15.0 Å². The van der Waals surface area contributed by atoms with Crippen molar-refractivity contribution in [1.82, 2.24) is 4.98 Å². The second-order valence-electron chi connectivity index (χ2n) is 9.96. The van der Waals surface area contributed by atoms with Gasteiger partial charge < -0.3 is 34.0 Å². The molecule has 3 rings (SSSR count). The van der Waals surface area contributed by atoms with Gasteiger partial charge in [0.25, 0.3) is 5.56 Å². The molecule has 3 aromatic rings. The van der Waals surface area contributed by atoms with Crippen LogP contribution in [0.1, 0.15) is 45.7 Å². The Morgan fingerprint density at radius 3 is 1.71 bits per heavy atom. The molecular formula is C33H44N2O10. The lowest BCUT2D eigenvalue weighted by molar-refractivity contribution is -0.150. The van der Waals surface area contributed by atoms with Gasteiger partial charge >= 0.3 is 5.97 Å². The van der Waals surface area contributed by atoms with E-state index < -0.39 is 17.8 Å². The number of hydrogen-bond donors (Lipinski definition) is 2. The largest absolute Gasteiger partial charge is 0.497 e. The van der Waals surface area contributed by atoms with Crippen molar-refractivity contribution in [3.63, 3.8) is 0 Å². The predicted molar refractivity (Wildman–Crippen MR) is 172 cm³/mol. The lowest BCUT2D eigenvalue weighted by Gasteiger charge is -2.12. The molecule has 0 aliphatic heterocycles. The summed E-state index contributed by atoms with van der Waals surface area (Å²) in [7, 11) is 6.24. The zero-order valence-corrected chi connectivity index (χ0v) is 27.8. The Morgan fingerprint density at radius 2 is 1.27 bits per heavy atom. The number of benzene rings is 2. The molecule has 45 heavy (non-hydrogen) atoms. The summed E-state index contributed by atoms with van der Waals surface area (Å²) in [6.07, 6.45) is 0. The standard InChI is InChI=1S/C13H17NO4.C13H15NO3.C7H12O3/c1-8(9(2)15)13(16)14-10-5-11(17-3)7-12(6-10)18-4;1-7-8(2)13(15)14-10-5-9(16-3)6-11(17-4)12(7)10;1-4-10-7(9)5(2)6(3)8/h5-8H,1-4H3,(H,14,16);5-6H,1-4H3,(H,14,15);5H,4H2,1-3H3. The Kier molecular flexibility index (Phi) is 15.3. The number of anilines is 1. The van der Waals surface area contributed by atoms with Gasteiger partial charge in [-0.1, -0.05) is 0 Å². The van der Waals surface area contributed by atoms with Crippen molar-refractivity contribution < 1.29 is 42.9 Å². The summed E-state index contributed by atoms with van der Waals surface area (Å²) < 4.78 is 25.3. The number of ketones is 2. The first kappa shape index (κ1) is 38.2. The number of esters is 1. The fourth-order valence-electron chi connectivity index (χ4n) is 3.68. The number of pyridine rings is 1. The number of ether oxygens (including phenoxy) is 5. The van der Waals surface area contributed by atoms with Crippen molar-refractivity contribution in [3.8, 4) is 23.0 Å². The lowest BCUT2D eigenvalue weighted by atomic mass is 10.0.